The van der Waals surface area contributed by atoms with Crippen LogP contribution in [-0.2, 0) is 0 Å². The van der Waals surface area contributed by atoms with Crippen LogP contribution in [0.15, 0.2) is 18.2 Å². The number of benzene rings is 1. The molecule has 1 aromatic rings. The Labute approximate surface area is 127 Å². The Hall–Kier alpha value is -1.78. The van der Waals surface area contributed by atoms with Crippen LogP contribution in [0.3, 0.4) is 0 Å². The quantitative estimate of drug-likeness (QED) is 0.619. The fourth-order valence-electron chi connectivity index (χ4n) is 2.38. The highest BCUT2D eigenvalue weighted by Crippen LogP contribution is 2.41. The maximum Gasteiger partial charge on any atom is 0.270 e. The Morgan fingerprint density at radius 3 is 2.95 bits per heavy atom. The van der Waals surface area contributed by atoms with Crippen LogP contribution in [0.2, 0.25) is 0 Å². The molecule has 1 saturated carbocycles. The Kier molecular flexibility index (Phi) is 4.70. The summed E-state index contributed by atoms with van der Waals surface area (Å²) in [5, 5.41) is 33.5. The van der Waals surface area contributed by atoms with E-state index in [0.29, 0.717) is 12.2 Å². The summed E-state index contributed by atoms with van der Waals surface area (Å²) >= 11 is 1.73. The van der Waals surface area contributed by atoms with Crippen LogP contribution in [0.4, 0.5) is 11.4 Å². The molecule has 0 bridgehead atoms. The van der Waals surface area contributed by atoms with Crippen molar-refractivity contribution >= 4 is 23.1 Å². The van der Waals surface area contributed by atoms with E-state index >= 15 is 0 Å². The second-order valence-electron chi connectivity index (χ2n) is 5.04. The lowest BCUT2D eigenvalue weighted by molar-refractivity contribution is -0.384. The van der Waals surface area contributed by atoms with E-state index < -0.39 is 10.5 Å². The van der Waals surface area contributed by atoms with Crippen molar-refractivity contribution < 1.29 is 10.0 Å². The molecule has 2 unspecified atom stereocenters. The van der Waals surface area contributed by atoms with Gasteiger partial charge in [-0.05, 0) is 24.7 Å². The number of non-ortho nitro benzene ring substituents is 1. The van der Waals surface area contributed by atoms with Crippen molar-refractivity contribution in [3.05, 3.63) is 33.9 Å². The van der Waals surface area contributed by atoms with Gasteiger partial charge in [-0.1, -0.05) is 6.92 Å². The number of nitrogens with one attached hydrogen (secondary N) is 1. The van der Waals surface area contributed by atoms with E-state index in [1.807, 2.05) is 6.07 Å². The van der Waals surface area contributed by atoms with Crippen LogP contribution in [0, 0.1) is 21.4 Å². The van der Waals surface area contributed by atoms with Crippen molar-refractivity contribution in [1.29, 1.82) is 5.26 Å². The number of nitro groups is 1. The highest BCUT2D eigenvalue weighted by atomic mass is 32.2. The van der Waals surface area contributed by atoms with Gasteiger partial charge < -0.3 is 10.4 Å². The van der Waals surface area contributed by atoms with Gasteiger partial charge in [0.2, 0.25) is 0 Å². The average Bonchev–Trinajstić information content (AvgIpc) is 2.48. The maximum absolute atomic E-state index is 10.7. The average molecular weight is 307 g/mol. The number of hydrogen-bond acceptors (Lipinski definition) is 6. The zero-order valence-electron chi connectivity index (χ0n) is 11.7. The zero-order valence-corrected chi connectivity index (χ0v) is 12.5. The lowest BCUT2D eigenvalue weighted by Gasteiger charge is -2.45. The van der Waals surface area contributed by atoms with Crippen molar-refractivity contribution in [3.8, 4) is 6.07 Å². The van der Waals surface area contributed by atoms with Crippen molar-refractivity contribution in [2.75, 3.05) is 17.6 Å². The Bertz CT molecular complexity index is 587. The third-order valence-corrected chi connectivity index (χ3v) is 5.14. The molecule has 21 heavy (non-hydrogen) atoms. The van der Waals surface area contributed by atoms with Crippen LogP contribution in [0.5, 0.6) is 0 Å². The van der Waals surface area contributed by atoms with Gasteiger partial charge in [0.25, 0.3) is 5.69 Å². The lowest BCUT2D eigenvalue weighted by atomic mass is 9.79. The first kappa shape index (κ1) is 15.6. The van der Waals surface area contributed by atoms with Gasteiger partial charge >= 0.3 is 0 Å². The highest BCUT2D eigenvalue weighted by Gasteiger charge is 2.45. The van der Waals surface area contributed by atoms with E-state index in [9.17, 15) is 15.2 Å². The molecule has 112 valence electrons. The molecular weight excluding hydrogens is 290 g/mol. The van der Waals surface area contributed by atoms with Crippen LogP contribution < -0.4 is 5.32 Å². The summed E-state index contributed by atoms with van der Waals surface area (Å²) in [5.74, 6) is 0.952. The van der Waals surface area contributed by atoms with Gasteiger partial charge in [-0.25, -0.2) is 0 Å². The summed E-state index contributed by atoms with van der Waals surface area (Å²) in [4.78, 5) is 10.2. The molecule has 0 aromatic heterocycles. The molecule has 0 radical (unpaired) electrons. The summed E-state index contributed by atoms with van der Waals surface area (Å²) in [7, 11) is 0. The molecule has 2 atom stereocenters. The third kappa shape index (κ3) is 3.28. The molecule has 7 heteroatoms. The Morgan fingerprint density at radius 2 is 2.43 bits per heavy atom. The number of nitrogens with zero attached hydrogens (tertiary/aromatic N) is 2. The number of nitro benzene ring substituents is 1. The van der Waals surface area contributed by atoms with Gasteiger partial charge in [0.05, 0.1) is 21.8 Å². The summed E-state index contributed by atoms with van der Waals surface area (Å²) in [6.07, 6.45) is 1.72. The molecule has 0 amide bonds. The number of thioether (sulfide) groups is 1. The molecule has 1 aliphatic rings. The summed E-state index contributed by atoms with van der Waals surface area (Å²) in [6.45, 7) is 2.40. The molecule has 2 rings (SSSR count). The normalized spacial score (nSPS) is 24.0. The lowest BCUT2D eigenvalue weighted by Crippen LogP contribution is -2.54. The van der Waals surface area contributed by atoms with Crippen LogP contribution in [-0.4, -0.2) is 33.2 Å². The molecule has 0 aliphatic heterocycles. The first-order chi connectivity index (χ1) is 10.00. The largest absolute Gasteiger partial charge is 0.387 e. The second kappa shape index (κ2) is 6.33. The van der Waals surface area contributed by atoms with Gasteiger partial charge in [-0.2, -0.15) is 17.0 Å². The maximum atomic E-state index is 10.7. The van der Waals surface area contributed by atoms with E-state index in [2.05, 4.69) is 12.2 Å². The first-order valence-electron chi connectivity index (χ1n) is 6.76. The molecule has 0 heterocycles. The van der Waals surface area contributed by atoms with Crippen LogP contribution in [0.25, 0.3) is 0 Å². The molecule has 2 N–H and O–H groups in total. The molecule has 6 nitrogen and oxygen atoms in total. The van der Waals surface area contributed by atoms with Crippen molar-refractivity contribution in [2.24, 2.45) is 0 Å². The zero-order chi connectivity index (χ0) is 15.5. The first-order valence-corrected chi connectivity index (χ1v) is 7.81. The Morgan fingerprint density at radius 1 is 1.67 bits per heavy atom. The van der Waals surface area contributed by atoms with Gasteiger partial charge in [0.15, 0.2) is 0 Å². The smallest absolute Gasteiger partial charge is 0.270 e. The van der Waals surface area contributed by atoms with E-state index in [1.54, 1.807) is 11.8 Å². The highest BCUT2D eigenvalue weighted by molar-refractivity contribution is 8.00. The topological polar surface area (TPSA) is 99.2 Å². The van der Waals surface area contributed by atoms with Crippen molar-refractivity contribution in [2.45, 2.75) is 30.6 Å². The predicted octanol–water partition coefficient (Wildman–Crippen LogP) is 2.52. The molecule has 1 fully saturated rings. The van der Waals surface area contributed by atoms with E-state index in [1.165, 1.54) is 18.2 Å². The fraction of sp³-hybridized carbons (Fsp3) is 0.500. The number of anilines is 1. The van der Waals surface area contributed by atoms with E-state index in [-0.39, 0.29) is 16.5 Å². The summed E-state index contributed by atoms with van der Waals surface area (Å²) in [6, 6.07) is 6.06. The van der Waals surface area contributed by atoms with E-state index in [4.69, 9.17) is 5.26 Å². The SMILES string of the molecule is CCSC1CCC1(O)CNc1ccc([N+](=O)[O-])cc1C#N. The minimum atomic E-state index is -0.769. The molecule has 1 aromatic carbocycles. The standard InChI is InChI=1S/C14H17N3O3S/c1-2-21-13-5-6-14(13,18)9-16-12-4-3-11(17(19)20)7-10(12)8-15/h3-4,7,13,16,18H,2,5-6,9H2,1H3. The van der Waals surface area contributed by atoms with Gasteiger partial charge in [-0.3, -0.25) is 10.1 Å². The summed E-state index contributed by atoms with van der Waals surface area (Å²) in [5.41, 5.74) is -0.149. The van der Waals surface area contributed by atoms with E-state index in [0.717, 1.165) is 18.6 Å². The second-order valence-corrected chi connectivity index (χ2v) is 6.52. The minimum absolute atomic E-state index is 0.112. The monoisotopic (exact) mass is 307 g/mol. The number of rotatable bonds is 6. The molecule has 1 aliphatic carbocycles. The molecular formula is C14H17N3O3S. The molecule has 0 saturated heterocycles. The number of hydrogen-bond donors (Lipinski definition) is 2. The minimum Gasteiger partial charge on any atom is -0.387 e. The third-order valence-electron chi connectivity index (χ3n) is 3.73. The summed E-state index contributed by atoms with van der Waals surface area (Å²) < 4.78 is 0. The number of aliphatic hydroxyl groups is 1. The fourth-order valence-corrected chi connectivity index (χ4v) is 3.58. The van der Waals surface area contributed by atoms with Crippen LogP contribution in [0.1, 0.15) is 25.3 Å². The van der Waals surface area contributed by atoms with Crippen molar-refractivity contribution in [3.63, 3.8) is 0 Å². The Balaban J connectivity index is 2.07. The van der Waals surface area contributed by atoms with Crippen molar-refractivity contribution in [1.82, 2.24) is 0 Å². The predicted molar refractivity (Wildman–Crippen MR) is 82.4 cm³/mol. The van der Waals surface area contributed by atoms with Crippen LogP contribution >= 0.6 is 11.8 Å². The van der Waals surface area contributed by atoms with Gasteiger partial charge in [-0.15, -0.1) is 0 Å². The number of nitriles is 1. The van der Waals surface area contributed by atoms with Gasteiger partial charge in [0.1, 0.15) is 6.07 Å². The van der Waals surface area contributed by atoms with Gasteiger partial charge in [0, 0.05) is 23.9 Å². The molecule has 0 spiro atoms.